The second kappa shape index (κ2) is 7.59. The fourth-order valence-corrected chi connectivity index (χ4v) is 5.28. The van der Waals surface area contributed by atoms with E-state index < -0.39 is 0 Å². The summed E-state index contributed by atoms with van der Waals surface area (Å²) in [5.41, 5.74) is 5.37. The van der Waals surface area contributed by atoms with Crippen molar-refractivity contribution in [3.63, 3.8) is 0 Å². The molecular formula is C23H23N3O2S. The maximum Gasteiger partial charge on any atom is 0.161 e. The topological polar surface area (TPSA) is 56.6 Å². The quantitative estimate of drug-likeness (QED) is 0.606. The molecule has 0 saturated heterocycles. The van der Waals surface area contributed by atoms with E-state index in [-0.39, 0.29) is 0 Å². The lowest BCUT2D eigenvalue weighted by Gasteiger charge is -2.35. The number of hydrogen-bond donors (Lipinski definition) is 0. The summed E-state index contributed by atoms with van der Waals surface area (Å²) < 4.78 is 15.5. The molecule has 6 heteroatoms. The molecule has 1 saturated carbocycles. The molecule has 148 valence electrons. The van der Waals surface area contributed by atoms with Gasteiger partial charge in [-0.05, 0) is 42.1 Å². The first-order valence-corrected chi connectivity index (χ1v) is 10.8. The lowest BCUT2D eigenvalue weighted by atomic mass is 9.75. The van der Waals surface area contributed by atoms with Crippen molar-refractivity contribution in [3.05, 3.63) is 58.5 Å². The number of aromatic nitrogens is 2. The molecule has 1 fully saturated rings. The molecule has 0 radical (unpaired) electrons. The van der Waals surface area contributed by atoms with Gasteiger partial charge < -0.3 is 9.47 Å². The van der Waals surface area contributed by atoms with Gasteiger partial charge in [0.15, 0.2) is 11.5 Å². The Labute approximate surface area is 174 Å². The van der Waals surface area contributed by atoms with E-state index in [2.05, 4.69) is 33.9 Å². The smallest absolute Gasteiger partial charge is 0.161 e. The first kappa shape index (κ1) is 18.3. The van der Waals surface area contributed by atoms with Crippen molar-refractivity contribution >= 4 is 17.2 Å². The summed E-state index contributed by atoms with van der Waals surface area (Å²) in [6.07, 6.45) is 4.76. The monoisotopic (exact) mass is 405 g/mol. The fourth-order valence-electron chi connectivity index (χ4n) is 4.58. The molecule has 1 aliphatic carbocycles. The Morgan fingerprint density at radius 3 is 2.52 bits per heavy atom. The molecule has 0 N–H and O–H groups in total. The first-order chi connectivity index (χ1) is 14.3. The Bertz CT molecular complexity index is 1060. The molecular weight excluding hydrogens is 382 g/mol. The van der Waals surface area contributed by atoms with Gasteiger partial charge >= 0.3 is 0 Å². The van der Waals surface area contributed by atoms with Gasteiger partial charge in [-0.15, -0.1) is 5.10 Å². The van der Waals surface area contributed by atoms with E-state index in [1.54, 1.807) is 14.2 Å². The van der Waals surface area contributed by atoms with Crippen molar-refractivity contribution < 1.29 is 9.47 Å². The second-order valence-electron chi connectivity index (χ2n) is 7.55. The summed E-state index contributed by atoms with van der Waals surface area (Å²) in [5.74, 6) is 1.94. The van der Waals surface area contributed by atoms with Gasteiger partial charge in [0, 0.05) is 17.0 Å². The van der Waals surface area contributed by atoms with Crippen LogP contribution in [0, 0.1) is 0 Å². The van der Waals surface area contributed by atoms with Crippen molar-refractivity contribution in [2.24, 2.45) is 4.99 Å². The van der Waals surface area contributed by atoms with Gasteiger partial charge in [-0.3, -0.25) is 4.99 Å². The molecule has 0 bridgehead atoms. The highest BCUT2D eigenvalue weighted by Gasteiger charge is 2.36. The average Bonchev–Trinajstić information content (AvgIpc) is 3.28. The predicted octanol–water partition coefficient (Wildman–Crippen LogP) is 5.10. The number of nitrogens with zero attached hydrogens (tertiary/aromatic N) is 3. The maximum absolute atomic E-state index is 5.61. The zero-order valence-electron chi connectivity index (χ0n) is 16.6. The van der Waals surface area contributed by atoms with Crippen molar-refractivity contribution in [2.45, 2.75) is 37.6 Å². The van der Waals surface area contributed by atoms with E-state index in [4.69, 9.17) is 14.5 Å². The molecule has 2 aliphatic rings. The molecule has 0 spiro atoms. The zero-order chi connectivity index (χ0) is 19.8. The van der Waals surface area contributed by atoms with Crippen molar-refractivity contribution in [3.8, 4) is 22.8 Å². The highest BCUT2D eigenvalue weighted by atomic mass is 32.1. The SMILES string of the molecule is COc1cc2c(cc1OC)[C@H]1CCCC[C@H]1N=C2c1snnc1-c1ccccc1. The number of benzene rings is 2. The van der Waals surface area contributed by atoms with Crippen LogP contribution in [0.25, 0.3) is 11.3 Å². The number of rotatable bonds is 4. The van der Waals surface area contributed by atoms with Crippen LogP contribution in [0.1, 0.15) is 47.6 Å². The molecule has 29 heavy (non-hydrogen) atoms. The number of hydrogen-bond acceptors (Lipinski definition) is 6. The van der Waals surface area contributed by atoms with Crippen LogP contribution in [-0.4, -0.2) is 35.6 Å². The van der Waals surface area contributed by atoms with Crippen LogP contribution in [0.2, 0.25) is 0 Å². The van der Waals surface area contributed by atoms with Crippen molar-refractivity contribution in [1.82, 2.24) is 9.59 Å². The van der Waals surface area contributed by atoms with Crippen molar-refractivity contribution in [1.29, 1.82) is 0 Å². The third-order valence-electron chi connectivity index (χ3n) is 5.99. The first-order valence-electron chi connectivity index (χ1n) is 10.0. The van der Waals surface area contributed by atoms with Gasteiger partial charge in [0.05, 0.1) is 26.0 Å². The fraction of sp³-hybridized carbons (Fsp3) is 0.348. The van der Waals surface area contributed by atoms with E-state index in [1.807, 2.05) is 18.2 Å². The third-order valence-corrected chi connectivity index (χ3v) is 6.72. The Balaban J connectivity index is 1.71. The van der Waals surface area contributed by atoms with Crippen molar-refractivity contribution in [2.75, 3.05) is 14.2 Å². The van der Waals surface area contributed by atoms with E-state index in [9.17, 15) is 0 Å². The summed E-state index contributed by atoms with van der Waals surface area (Å²) in [6.45, 7) is 0. The molecule has 5 rings (SSSR count). The molecule has 1 aromatic heterocycles. The molecule has 2 atom stereocenters. The number of methoxy groups -OCH3 is 2. The molecule has 1 aliphatic heterocycles. The Hall–Kier alpha value is -2.73. The largest absolute Gasteiger partial charge is 0.493 e. The van der Waals surface area contributed by atoms with E-state index in [0.29, 0.717) is 12.0 Å². The Kier molecular flexibility index (Phi) is 4.79. The van der Waals surface area contributed by atoms with Crippen LogP contribution in [-0.2, 0) is 0 Å². The van der Waals surface area contributed by atoms with Gasteiger partial charge in [0.2, 0.25) is 0 Å². The average molecular weight is 406 g/mol. The highest BCUT2D eigenvalue weighted by Crippen LogP contribution is 2.45. The summed E-state index contributed by atoms with van der Waals surface area (Å²) in [5, 5.41) is 4.45. The van der Waals surface area contributed by atoms with Gasteiger partial charge in [-0.2, -0.15) is 0 Å². The summed E-state index contributed by atoms with van der Waals surface area (Å²) in [6, 6.07) is 14.7. The summed E-state index contributed by atoms with van der Waals surface area (Å²) in [4.78, 5) is 6.28. The molecule has 5 nitrogen and oxygen atoms in total. The van der Waals surface area contributed by atoms with Gasteiger partial charge in [0.25, 0.3) is 0 Å². The normalized spacial score (nSPS) is 20.4. The highest BCUT2D eigenvalue weighted by molar-refractivity contribution is 7.08. The van der Waals surface area contributed by atoms with Crippen LogP contribution in [0.4, 0.5) is 0 Å². The Morgan fingerprint density at radius 1 is 0.966 bits per heavy atom. The van der Waals surface area contributed by atoms with Gasteiger partial charge in [-0.25, -0.2) is 0 Å². The van der Waals surface area contributed by atoms with Crippen LogP contribution in [0.15, 0.2) is 47.5 Å². The standard InChI is InChI=1S/C23H23N3O2S/c1-27-19-12-16-15-10-6-7-11-18(15)24-22(17(16)13-20(19)28-2)23-21(25-26-29-23)14-8-4-3-5-9-14/h3-5,8-9,12-13,15,18H,6-7,10-11H2,1-2H3/t15-,18-/m1/s1. The third kappa shape index (κ3) is 3.12. The van der Waals surface area contributed by atoms with Gasteiger partial charge in [-0.1, -0.05) is 47.7 Å². The van der Waals surface area contributed by atoms with Crippen LogP contribution in [0.5, 0.6) is 11.5 Å². The Morgan fingerprint density at radius 2 is 1.72 bits per heavy atom. The lowest BCUT2D eigenvalue weighted by molar-refractivity contribution is 0.349. The second-order valence-corrected chi connectivity index (χ2v) is 8.30. The minimum absolute atomic E-state index is 0.301. The number of aliphatic imine (C=N–C) groups is 1. The van der Waals surface area contributed by atoms with Gasteiger partial charge in [0.1, 0.15) is 10.6 Å². The van der Waals surface area contributed by atoms with E-state index in [0.717, 1.165) is 51.8 Å². The number of fused-ring (bicyclic) bond motifs is 3. The minimum Gasteiger partial charge on any atom is -0.493 e. The van der Waals surface area contributed by atoms with Crippen LogP contribution < -0.4 is 9.47 Å². The summed E-state index contributed by atoms with van der Waals surface area (Å²) >= 11 is 1.41. The zero-order valence-corrected chi connectivity index (χ0v) is 17.4. The molecule has 2 heterocycles. The molecule has 2 aromatic carbocycles. The molecule has 0 amide bonds. The maximum atomic E-state index is 5.61. The minimum atomic E-state index is 0.301. The van der Waals surface area contributed by atoms with Crippen LogP contribution in [0.3, 0.4) is 0 Å². The molecule has 3 aromatic rings. The van der Waals surface area contributed by atoms with E-state index in [1.165, 1.54) is 29.9 Å². The molecule has 0 unspecified atom stereocenters. The summed E-state index contributed by atoms with van der Waals surface area (Å²) in [7, 11) is 3.37. The number of ether oxygens (including phenoxy) is 2. The van der Waals surface area contributed by atoms with Crippen LogP contribution >= 0.6 is 11.5 Å². The van der Waals surface area contributed by atoms with E-state index >= 15 is 0 Å². The lowest BCUT2D eigenvalue weighted by Crippen LogP contribution is -2.29. The predicted molar refractivity (Wildman–Crippen MR) is 116 cm³/mol.